The van der Waals surface area contributed by atoms with E-state index < -0.39 is 38.1 Å². The number of hydrogen-bond acceptors (Lipinski definition) is 5. The van der Waals surface area contributed by atoms with E-state index in [0.29, 0.717) is 17.8 Å². The van der Waals surface area contributed by atoms with Crippen LogP contribution in [0.15, 0.2) is 18.2 Å². The van der Waals surface area contributed by atoms with Crippen molar-refractivity contribution in [3.63, 3.8) is 0 Å². The Hall–Kier alpha value is -1.38. The molecule has 1 aliphatic heterocycles. The third-order valence-corrected chi connectivity index (χ3v) is 5.09. The minimum absolute atomic E-state index is 0.181. The Morgan fingerprint density at radius 1 is 1.23 bits per heavy atom. The molecule has 0 aliphatic carbocycles. The highest BCUT2D eigenvalue weighted by Crippen LogP contribution is 2.37. The van der Waals surface area contributed by atoms with Crippen LogP contribution in [0.1, 0.15) is 45.0 Å². The summed E-state index contributed by atoms with van der Waals surface area (Å²) in [5.74, 6) is -0.333. The van der Waals surface area contributed by atoms with Crippen LogP contribution in [0.5, 0.6) is 5.75 Å². The molecule has 26 heavy (non-hydrogen) atoms. The summed E-state index contributed by atoms with van der Waals surface area (Å²) in [5, 5.41) is 2.21. The van der Waals surface area contributed by atoms with E-state index in [-0.39, 0.29) is 5.56 Å². The van der Waals surface area contributed by atoms with Gasteiger partial charge in [0.05, 0.1) is 23.4 Å². The van der Waals surface area contributed by atoms with Gasteiger partial charge in [-0.05, 0) is 52.2 Å². The quantitative estimate of drug-likeness (QED) is 0.499. The lowest BCUT2D eigenvalue weighted by Crippen LogP contribution is -2.41. The predicted molar refractivity (Wildman–Crippen MR) is 97.7 cm³/mol. The molecule has 1 saturated heterocycles. The summed E-state index contributed by atoms with van der Waals surface area (Å²) in [6.45, 7) is 9.88. The molecule has 0 unspecified atom stereocenters. The molecular weight excluding hydrogens is 360 g/mol. The monoisotopic (exact) mass is 385 g/mol. The molecule has 1 aromatic carbocycles. The topological polar surface area (TPSA) is 114 Å². The molecule has 0 saturated carbocycles. The molecule has 10 heteroatoms. The Morgan fingerprint density at radius 3 is 2.31 bits per heavy atom. The smallest absolute Gasteiger partial charge is 0.493 e. The number of carbonyl (C=O) groups excluding carboxylic acids is 1. The van der Waals surface area contributed by atoms with E-state index >= 15 is 0 Å². The van der Waals surface area contributed by atoms with Gasteiger partial charge in [0.15, 0.2) is 0 Å². The molecule has 1 amide bonds. The van der Waals surface area contributed by atoms with E-state index in [1.807, 2.05) is 27.7 Å². The van der Waals surface area contributed by atoms with Crippen LogP contribution < -0.4 is 15.5 Å². The van der Waals surface area contributed by atoms with Crippen molar-refractivity contribution in [2.75, 3.05) is 12.9 Å². The average molecular weight is 385 g/mol. The number of amides is 1. The highest BCUT2D eigenvalue weighted by molar-refractivity contribution is 7.51. The lowest BCUT2D eigenvalue weighted by Gasteiger charge is -2.32. The lowest BCUT2D eigenvalue weighted by atomic mass is 9.78. The molecule has 2 rings (SSSR count). The number of ether oxygens (including phenoxy) is 1. The second kappa shape index (κ2) is 7.33. The molecule has 144 valence electrons. The Labute approximate surface area is 153 Å². The normalized spacial score (nSPS) is 18.7. The van der Waals surface area contributed by atoms with Gasteiger partial charge in [0.2, 0.25) is 0 Å². The first-order valence-electron chi connectivity index (χ1n) is 8.31. The molecule has 0 spiro atoms. The largest absolute Gasteiger partial charge is 0.494 e. The minimum atomic E-state index is -4.34. The molecule has 1 aliphatic rings. The van der Waals surface area contributed by atoms with Crippen LogP contribution in [0, 0.1) is 0 Å². The van der Waals surface area contributed by atoms with Crippen LogP contribution in [0.4, 0.5) is 0 Å². The molecule has 8 nitrogen and oxygen atoms in total. The maximum absolute atomic E-state index is 12.2. The second-order valence-electron chi connectivity index (χ2n) is 7.11. The maximum Gasteiger partial charge on any atom is 0.494 e. The van der Waals surface area contributed by atoms with E-state index in [0.717, 1.165) is 0 Å². The van der Waals surface area contributed by atoms with E-state index in [2.05, 4.69) is 5.32 Å². The van der Waals surface area contributed by atoms with Crippen molar-refractivity contribution in [1.82, 2.24) is 5.32 Å². The summed E-state index contributed by atoms with van der Waals surface area (Å²) in [5.41, 5.74) is -0.120. The van der Waals surface area contributed by atoms with Crippen LogP contribution in [-0.2, 0) is 13.9 Å². The van der Waals surface area contributed by atoms with Gasteiger partial charge in [-0.1, -0.05) is 6.07 Å². The van der Waals surface area contributed by atoms with Crippen molar-refractivity contribution < 1.29 is 33.2 Å². The summed E-state index contributed by atoms with van der Waals surface area (Å²) in [6.07, 6.45) is -0.740. The highest BCUT2D eigenvalue weighted by atomic mass is 31.2. The number of carbonyl (C=O) groups is 1. The lowest BCUT2D eigenvalue weighted by molar-refractivity contribution is 0.00578. The molecule has 3 N–H and O–H groups in total. The standard InChI is InChI=1S/C16H25BNO7P/c1-6-23-13-9-11(17-24-15(2,3)16(4,5)25-17)7-8-12(13)14(19)18-10-26(20,21)22/h7-9H,6,10H2,1-5H3,(H,18,19)(H2,20,21,22). The zero-order chi connectivity index (χ0) is 19.8. The third-order valence-electron chi connectivity index (χ3n) is 4.52. The minimum Gasteiger partial charge on any atom is -0.493 e. The first-order chi connectivity index (χ1) is 11.9. The second-order valence-corrected chi connectivity index (χ2v) is 8.75. The van der Waals surface area contributed by atoms with E-state index in [1.54, 1.807) is 19.1 Å². The van der Waals surface area contributed by atoms with Gasteiger partial charge in [-0.3, -0.25) is 9.36 Å². The van der Waals surface area contributed by atoms with E-state index in [4.69, 9.17) is 23.8 Å². The van der Waals surface area contributed by atoms with Crippen molar-refractivity contribution in [3.05, 3.63) is 23.8 Å². The van der Waals surface area contributed by atoms with Gasteiger partial charge in [0.25, 0.3) is 5.91 Å². The fourth-order valence-electron chi connectivity index (χ4n) is 2.40. The van der Waals surface area contributed by atoms with Gasteiger partial charge in [0, 0.05) is 0 Å². The number of rotatable bonds is 6. The SMILES string of the molecule is CCOc1cc(B2OC(C)(C)C(C)(C)O2)ccc1C(=O)NCP(=O)(O)O. The van der Waals surface area contributed by atoms with Crippen LogP contribution in [-0.4, -0.2) is 46.9 Å². The van der Waals surface area contributed by atoms with Crippen molar-refractivity contribution in [3.8, 4) is 5.75 Å². The molecule has 0 atom stereocenters. The summed E-state index contributed by atoms with van der Waals surface area (Å²) < 4.78 is 28.5. The molecule has 1 heterocycles. The Kier molecular flexibility index (Phi) is 5.90. The summed E-state index contributed by atoms with van der Waals surface area (Å²) in [4.78, 5) is 30.0. The van der Waals surface area contributed by atoms with Gasteiger partial charge < -0.3 is 29.1 Å². The Balaban J connectivity index is 2.26. The Bertz CT molecular complexity index is 715. The fraction of sp³-hybridized carbons (Fsp3) is 0.562. The molecule has 0 bridgehead atoms. The fourth-order valence-corrected chi connectivity index (χ4v) is 2.75. The third kappa shape index (κ3) is 4.66. The molecular formula is C16H25BNO7P. The zero-order valence-corrected chi connectivity index (χ0v) is 16.5. The zero-order valence-electron chi connectivity index (χ0n) is 15.6. The van der Waals surface area contributed by atoms with Gasteiger partial charge in [-0.15, -0.1) is 0 Å². The number of nitrogens with one attached hydrogen (secondary N) is 1. The summed E-state index contributed by atoms with van der Waals surface area (Å²) in [7, 11) is -4.94. The van der Waals surface area contributed by atoms with Crippen molar-refractivity contribution in [1.29, 1.82) is 0 Å². The molecule has 1 fully saturated rings. The highest BCUT2D eigenvalue weighted by Gasteiger charge is 2.51. The summed E-state index contributed by atoms with van der Waals surface area (Å²) in [6, 6.07) is 4.86. The summed E-state index contributed by atoms with van der Waals surface area (Å²) >= 11 is 0. The molecule has 0 aromatic heterocycles. The van der Waals surface area contributed by atoms with E-state index in [1.165, 1.54) is 6.07 Å². The van der Waals surface area contributed by atoms with Crippen LogP contribution in [0.2, 0.25) is 0 Å². The Morgan fingerprint density at radius 2 is 1.81 bits per heavy atom. The maximum atomic E-state index is 12.2. The number of benzene rings is 1. The van der Waals surface area contributed by atoms with Gasteiger partial charge in [0.1, 0.15) is 12.0 Å². The van der Waals surface area contributed by atoms with Crippen LogP contribution >= 0.6 is 7.60 Å². The van der Waals surface area contributed by atoms with E-state index in [9.17, 15) is 9.36 Å². The first kappa shape index (κ1) is 20.9. The van der Waals surface area contributed by atoms with Crippen molar-refractivity contribution in [2.24, 2.45) is 0 Å². The predicted octanol–water partition coefficient (Wildman–Crippen LogP) is 1.25. The average Bonchev–Trinajstić information content (AvgIpc) is 2.73. The first-order valence-corrected chi connectivity index (χ1v) is 10.1. The molecule has 1 aromatic rings. The van der Waals surface area contributed by atoms with Gasteiger partial charge in [-0.25, -0.2) is 0 Å². The van der Waals surface area contributed by atoms with Gasteiger partial charge >= 0.3 is 14.7 Å². The van der Waals surface area contributed by atoms with Crippen molar-refractivity contribution in [2.45, 2.75) is 45.8 Å². The van der Waals surface area contributed by atoms with Crippen molar-refractivity contribution >= 4 is 26.1 Å². The van der Waals surface area contributed by atoms with Crippen LogP contribution in [0.25, 0.3) is 0 Å². The molecule has 0 radical (unpaired) electrons. The number of hydrogen-bond donors (Lipinski definition) is 3. The van der Waals surface area contributed by atoms with Gasteiger partial charge in [-0.2, -0.15) is 0 Å². The van der Waals surface area contributed by atoms with Crippen LogP contribution in [0.3, 0.4) is 0 Å².